The van der Waals surface area contributed by atoms with Crippen LogP contribution in [0.25, 0.3) is 5.57 Å². The van der Waals surface area contributed by atoms with Gasteiger partial charge in [-0.2, -0.15) is 0 Å². The molecule has 1 aromatic rings. The van der Waals surface area contributed by atoms with E-state index in [1.165, 1.54) is 30.4 Å². The molecule has 0 spiro atoms. The Morgan fingerprint density at radius 1 is 1.10 bits per heavy atom. The maximum Gasteiger partial charge on any atom is 0.0208 e. The van der Waals surface area contributed by atoms with Crippen molar-refractivity contribution in [2.45, 2.75) is 53.0 Å². The molecule has 20 heavy (non-hydrogen) atoms. The Morgan fingerprint density at radius 3 is 2.20 bits per heavy atom. The van der Waals surface area contributed by atoms with Crippen molar-refractivity contribution in [3.63, 3.8) is 0 Å². The lowest BCUT2D eigenvalue weighted by Crippen LogP contribution is -2.44. The number of rotatable bonds is 4. The summed E-state index contributed by atoms with van der Waals surface area (Å²) in [5, 5.41) is 3.73. The molecule has 0 bridgehead atoms. The smallest absolute Gasteiger partial charge is 0.0208 e. The van der Waals surface area contributed by atoms with E-state index in [-0.39, 0.29) is 0 Å². The molecule has 0 heterocycles. The van der Waals surface area contributed by atoms with E-state index in [1.54, 1.807) is 0 Å². The first kappa shape index (κ1) is 15.3. The predicted molar refractivity (Wildman–Crippen MR) is 88.7 cm³/mol. The lowest BCUT2D eigenvalue weighted by Gasteiger charge is -2.45. The highest BCUT2D eigenvalue weighted by Crippen LogP contribution is 2.45. The Bertz CT molecular complexity index is 440. The molecule has 1 heteroatoms. The van der Waals surface area contributed by atoms with E-state index in [0.717, 1.165) is 6.54 Å². The van der Waals surface area contributed by atoms with Gasteiger partial charge in [0.15, 0.2) is 0 Å². The summed E-state index contributed by atoms with van der Waals surface area (Å²) >= 11 is 0. The molecule has 1 saturated carbocycles. The zero-order valence-corrected chi connectivity index (χ0v) is 13.5. The van der Waals surface area contributed by atoms with Crippen LogP contribution in [0.2, 0.25) is 0 Å². The van der Waals surface area contributed by atoms with Crippen molar-refractivity contribution in [3.8, 4) is 0 Å². The maximum absolute atomic E-state index is 4.22. The summed E-state index contributed by atoms with van der Waals surface area (Å²) in [6.07, 6.45) is 3.84. The van der Waals surface area contributed by atoms with Crippen molar-refractivity contribution >= 4 is 5.57 Å². The van der Waals surface area contributed by atoms with Gasteiger partial charge in [-0.1, -0.05) is 64.6 Å². The minimum absolute atomic E-state index is 0.438. The van der Waals surface area contributed by atoms with Crippen LogP contribution in [0, 0.1) is 10.8 Å². The van der Waals surface area contributed by atoms with Gasteiger partial charge in [-0.25, -0.2) is 0 Å². The highest BCUT2D eigenvalue weighted by Gasteiger charge is 2.38. The third-order valence-corrected chi connectivity index (χ3v) is 4.34. The maximum atomic E-state index is 4.22. The SMILES string of the molecule is C=C(CNC1CC(C)(C)CC(C)(C)C1)c1ccccc1. The quantitative estimate of drug-likeness (QED) is 0.821. The van der Waals surface area contributed by atoms with Crippen molar-refractivity contribution in [2.75, 3.05) is 6.54 Å². The molecule has 1 aliphatic rings. The zero-order valence-electron chi connectivity index (χ0n) is 13.5. The molecule has 0 unspecified atom stereocenters. The Kier molecular flexibility index (Phi) is 4.39. The Morgan fingerprint density at radius 2 is 1.65 bits per heavy atom. The standard InChI is InChI=1S/C19H29N/c1-15(16-9-7-6-8-10-16)13-20-17-11-18(2,3)14-19(4,5)12-17/h6-10,17,20H,1,11-14H2,2-5H3. The fraction of sp³-hybridized carbons (Fsp3) is 0.579. The van der Waals surface area contributed by atoms with Crippen molar-refractivity contribution in [1.82, 2.24) is 5.32 Å². The molecule has 0 saturated heterocycles. The summed E-state index contributed by atoms with van der Waals surface area (Å²) in [6, 6.07) is 11.1. The number of benzene rings is 1. The van der Waals surface area contributed by atoms with Gasteiger partial charge >= 0.3 is 0 Å². The van der Waals surface area contributed by atoms with Gasteiger partial charge in [0.25, 0.3) is 0 Å². The number of hydrogen-bond acceptors (Lipinski definition) is 1. The first-order chi connectivity index (χ1) is 9.27. The largest absolute Gasteiger partial charge is 0.310 e. The summed E-state index contributed by atoms with van der Waals surface area (Å²) in [4.78, 5) is 0. The molecule has 1 fully saturated rings. The Hall–Kier alpha value is -1.08. The van der Waals surface area contributed by atoms with Gasteiger partial charge < -0.3 is 5.32 Å². The van der Waals surface area contributed by atoms with Crippen molar-refractivity contribution < 1.29 is 0 Å². The molecular formula is C19H29N. The predicted octanol–water partition coefficient (Wildman–Crippen LogP) is 4.89. The van der Waals surface area contributed by atoms with Crippen molar-refractivity contribution in [2.24, 2.45) is 10.8 Å². The fourth-order valence-electron chi connectivity index (χ4n) is 4.03. The highest BCUT2D eigenvalue weighted by atomic mass is 14.9. The third-order valence-electron chi connectivity index (χ3n) is 4.34. The van der Waals surface area contributed by atoms with Crippen LogP contribution >= 0.6 is 0 Å². The Labute approximate surface area is 124 Å². The van der Waals surface area contributed by atoms with Crippen LogP contribution in [0.4, 0.5) is 0 Å². The summed E-state index contributed by atoms with van der Waals surface area (Å²) in [6.45, 7) is 14.7. The van der Waals surface area contributed by atoms with Crippen LogP contribution in [-0.2, 0) is 0 Å². The molecule has 0 amide bonds. The Balaban J connectivity index is 1.92. The van der Waals surface area contributed by atoms with Gasteiger partial charge in [-0.05, 0) is 41.2 Å². The zero-order chi connectivity index (χ0) is 14.8. The van der Waals surface area contributed by atoms with E-state index < -0.39 is 0 Å². The summed E-state index contributed by atoms with van der Waals surface area (Å²) in [5.41, 5.74) is 3.31. The first-order valence-corrected chi connectivity index (χ1v) is 7.74. The molecule has 1 aliphatic carbocycles. The third kappa shape index (κ3) is 4.21. The average molecular weight is 271 g/mol. The molecule has 0 radical (unpaired) electrons. The van der Waals surface area contributed by atoms with E-state index >= 15 is 0 Å². The average Bonchev–Trinajstić information content (AvgIpc) is 2.33. The summed E-state index contributed by atoms with van der Waals surface area (Å²) < 4.78 is 0. The first-order valence-electron chi connectivity index (χ1n) is 7.74. The minimum atomic E-state index is 0.438. The van der Waals surface area contributed by atoms with E-state index in [2.05, 4.69) is 69.9 Å². The van der Waals surface area contributed by atoms with Crippen LogP contribution in [0.15, 0.2) is 36.9 Å². The highest BCUT2D eigenvalue weighted by molar-refractivity contribution is 5.64. The van der Waals surface area contributed by atoms with E-state index in [9.17, 15) is 0 Å². The monoisotopic (exact) mass is 271 g/mol. The van der Waals surface area contributed by atoms with E-state index in [0.29, 0.717) is 16.9 Å². The second kappa shape index (κ2) is 5.73. The van der Waals surface area contributed by atoms with Crippen LogP contribution in [-0.4, -0.2) is 12.6 Å². The van der Waals surface area contributed by atoms with Gasteiger partial charge in [0.1, 0.15) is 0 Å². The minimum Gasteiger partial charge on any atom is -0.310 e. The van der Waals surface area contributed by atoms with Crippen LogP contribution in [0.5, 0.6) is 0 Å². The van der Waals surface area contributed by atoms with Crippen LogP contribution < -0.4 is 5.32 Å². The topological polar surface area (TPSA) is 12.0 Å². The summed E-state index contributed by atoms with van der Waals surface area (Å²) in [5.74, 6) is 0. The van der Waals surface area contributed by atoms with Crippen molar-refractivity contribution in [3.05, 3.63) is 42.5 Å². The molecule has 2 rings (SSSR count). The second-order valence-corrected chi connectivity index (χ2v) is 7.96. The van der Waals surface area contributed by atoms with Gasteiger partial charge in [-0.3, -0.25) is 0 Å². The fourth-order valence-corrected chi connectivity index (χ4v) is 4.03. The molecular weight excluding hydrogens is 242 g/mol. The molecule has 0 atom stereocenters. The van der Waals surface area contributed by atoms with E-state index in [4.69, 9.17) is 0 Å². The van der Waals surface area contributed by atoms with Gasteiger partial charge in [-0.15, -0.1) is 0 Å². The number of nitrogens with one attached hydrogen (secondary N) is 1. The molecule has 0 aliphatic heterocycles. The normalized spacial score (nSPS) is 21.6. The van der Waals surface area contributed by atoms with Crippen LogP contribution in [0.3, 0.4) is 0 Å². The van der Waals surface area contributed by atoms with Crippen LogP contribution in [0.1, 0.15) is 52.5 Å². The van der Waals surface area contributed by atoms with Gasteiger partial charge in [0.05, 0.1) is 0 Å². The summed E-state index contributed by atoms with van der Waals surface area (Å²) in [7, 11) is 0. The lowest BCUT2D eigenvalue weighted by atomic mass is 9.63. The number of hydrogen-bond donors (Lipinski definition) is 1. The molecule has 1 aromatic carbocycles. The molecule has 1 nitrogen and oxygen atoms in total. The molecule has 110 valence electrons. The molecule has 1 N–H and O–H groups in total. The second-order valence-electron chi connectivity index (χ2n) is 7.96. The molecule has 0 aromatic heterocycles. The lowest BCUT2D eigenvalue weighted by molar-refractivity contribution is 0.0868. The van der Waals surface area contributed by atoms with E-state index in [1.807, 2.05) is 0 Å². The van der Waals surface area contributed by atoms with Gasteiger partial charge in [0.2, 0.25) is 0 Å². The van der Waals surface area contributed by atoms with Crippen molar-refractivity contribution in [1.29, 1.82) is 0 Å². The van der Waals surface area contributed by atoms with Gasteiger partial charge in [0, 0.05) is 12.6 Å².